The summed E-state index contributed by atoms with van der Waals surface area (Å²) in [4.78, 5) is 20.6. The van der Waals surface area contributed by atoms with Crippen LogP contribution in [0.1, 0.15) is 30.9 Å². The monoisotopic (exact) mass is 435 g/mol. The van der Waals surface area contributed by atoms with E-state index < -0.39 is 0 Å². The number of hydrogen-bond donors (Lipinski definition) is 2. The Morgan fingerprint density at radius 3 is 2.50 bits per heavy atom. The summed E-state index contributed by atoms with van der Waals surface area (Å²) in [5.74, 6) is 2.53. The molecular formula is C22H37N5O2S. The molecule has 30 heavy (non-hydrogen) atoms. The number of piperidine rings is 1. The molecule has 0 aromatic heterocycles. The van der Waals surface area contributed by atoms with Gasteiger partial charge in [-0.1, -0.05) is 18.6 Å². The molecule has 7 nitrogen and oxygen atoms in total. The van der Waals surface area contributed by atoms with Crippen LogP contribution in [0.25, 0.3) is 0 Å². The lowest BCUT2D eigenvalue weighted by Crippen LogP contribution is -2.45. The average molecular weight is 436 g/mol. The molecule has 2 N–H and O–H groups in total. The second kappa shape index (κ2) is 13.4. The topological polar surface area (TPSA) is 69.2 Å². The summed E-state index contributed by atoms with van der Waals surface area (Å²) in [5, 5.41) is 6.84. The van der Waals surface area contributed by atoms with Crippen LogP contribution in [0.15, 0.2) is 29.3 Å². The molecule has 0 saturated carbocycles. The quantitative estimate of drug-likeness (QED) is 0.334. The van der Waals surface area contributed by atoms with Crippen molar-refractivity contribution in [1.29, 1.82) is 0 Å². The second-order valence-corrected chi connectivity index (χ2v) is 8.62. The highest BCUT2D eigenvalue weighted by molar-refractivity contribution is 7.98. The predicted molar refractivity (Wildman–Crippen MR) is 127 cm³/mol. The van der Waals surface area contributed by atoms with E-state index in [1.807, 2.05) is 12.1 Å². The van der Waals surface area contributed by atoms with Crippen molar-refractivity contribution in [1.82, 2.24) is 20.4 Å². The van der Waals surface area contributed by atoms with Crippen LogP contribution >= 0.6 is 11.8 Å². The normalized spacial score (nSPS) is 16.1. The molecule has 1 saturated heterocycles. The minimum Gasteiger partial charge on any atom is -0.497 e. The Morgan fingerprint density at radius 1 is 1.20 bits per heavy atom. The summed E-state index contributed by atoms with van der Waals surface area (Å²) in [6.45, 7) is 3.87. The van der Waals surface area contributed by atoms with E-state index in [-0.39, 0.29) is 18.5 Å². The van der Waals surface area contributed by atoms with Crippen molar-refractivity contribution in [3.63, 3.8) is 0 Å². The van der Waals surface area contributed by atoms with Crippen molar-refractivity contribution >= 4 is 23.6 Å². The van der Waals surface area contributed by atoms with E-state index in [0.717, 1.165) is 37.7 Å². The van der Waals surface area contributed by atoms with E-state index >= 15 is 0 Å². The van der Waals surface area contributed by atoms with Gasteiger partial charge in [0.15, 0.2) is 5.96 Å². The maximum atomic E-state index is 12.0. The van der Waals surface area contributed by atoms with Crippen LogP contribution in [-0.4, -0.2) is 87.6 Å². The third-order valence-corrected chi connectivity index (χ3v) is 5.88. The van der Waals surface area contributed by atoms with E-state index in [4.69, 9.17) is 4.74 Å². The molecule has 1 aromatic rings. The number of carbonyl (C=O) groups excluding carboxylic acids is 1. The fraction of sp³-hybridized carbons (Fsp3) is 0.636. The minimum absolute atomic E-state index is 0.0105. The SMILES string of the molecule is COc1ccc(C(CNC(=NCC(=O)N(C)C)NCCSC)N2CCCCC2)cc1. The number of likely N-dealkylation sites (N-methyl/N-ethyl adjacent to an activating group) is 1. The third-order valence-electron chi connectivity index (χ3n) is 5.26. The Labute approximate surface area is 185 Å². The number of rotatable bonds is 10. The average Bonchev–Trinajstić information content (AvgIpc) is 2.78. The number of likely N-dealkylation sites (tertiary alicyclic amines) is 1. The molecular weight excluding hydrogens is 398 g/mol. The van der Waals surface area contributed by atoms with Gasteiger partial charge in [-0.15, -0.1) is 0 Å². The zero-order valence-corrected chi connectivity index (χ0v) is 19.6. The number of methoxy groups -OCH3 is 1. The van der Waals surface area contributed by atoms with Crippen molar-refractivity contribution in [2.75, 3.05) is 65.9 Å². The molecule has 1 atom stereocenters. The number of benzene rings is 1. The first-order valence-corrected chi connectivity index (χ1v) is 12.0. The molecule has 1 aliphatic rings. The fourth-order valence-electron chi connectivity index (χ4n) is 3.44. The van der Waals surface area contributed by atoms with E-state index in [9.17, 15) is 4.79 Å². The first kappa shape index (κ1) is 24.3. The number of nitrogens with zero attached hydrogens (tertiary/aromatic N) is 3. The lowest BCUT2D eigenvalue weighted by Gasteiger charge is -2.35. The molecule has 0 aliphatic carbocycles. The van der Waals surface area contributed by atoms with Gasteiger partial charge in [-0.3, -0.25) is 9.69 Å². The van der Waals surface area contributed by atoms with Gasteiger partial charge in [0.05, 0.1) is 13.2 Å². The summed E-state index contributed by atoms with van der Waals surface area (Å²) < 4.78 is 5.32. The highest BCUT2D eigenvalue weighted by Crippen LogP contribution is 2.25. The van der Waals surface area contributed by atoms with Crippen LogP contribution in [0.4, 0.5) is 0 Å². The molecule has 1 fully saturated rings. The second-order valence-electron chi connectivity index (χ2n) is 7.64. The molecule has 168 valence electrons. The molecule has 0 radical (unpaired) electrons. The fourth-order valence-corrected chi connectivity index (χ4v) is 3.75. The van der Waals surface area contributed by atoms with Crippen LogP contribution in [0.5, 0.6) is 5.75 Å². The van der Waals surface area contributed by atoms with Crippen LogP contribution in [0, 0.1) is 0 Å². The Balaban J connectivity index is 2.11. The zero-order valence-electron chi connectivity index (χ0n) is 18.8. The minimum atomic E-state index is -0.0105. The molecule has 1 amide bonds. The van der Waals surface area contributed by atoms with Crippen LogP contribution in [-0.2, 0) is 4.79 Å². The number of hydrogen-bond acceptors (Lipinski definition) is 5. The number of nitrogens with one attached hydrogen (secondary N) is 2. The van der Waals surface area contributed by atoms with Gasteiger partial charge >= 0.3 is 0 Å². The highest BCUT2D eigenvalue weighted by atomic mass is 32.2. The molecule has 0 spiro atoms. The van der Waals surface area contributed by atoms with E-state index in [2.05, 4.69) is 38.9 Å². The summed E-state index contributed by atoms with van der Waals surface area (Å²) in [6, 6.07) is 8.58. The molecule has 8 heteroatoms. The van der Waals surface area contributed by atoms with Gasteiger partial charge in [-0.05, 0) is 49.9 Å². The van der Waals surface area contributed by atoms with Gasteiger partial charge < -0.3 is 20.3 Å². The Kier molecular flexibility index (Phi) is 10.9. The summed E-state index contributed by atoms with van der Waals surface area (Å²) >= 11 is 1.78. The highest BCUT2D eigenvalue weighted by Gasteiger charge is 2.22. The Hall–Kier alpha value is -1.93. The Bertz CT molecular complexity index is 660. The predicted octanol–water partition coefficient (Wildman–Crippen LogP) is 2.21. The third kappa shape index (κ3) is 8.07. The van der Waals surface area contributed by atoms with Crippen LogP contribution in [0.3, 0.4) is 0 Å². The number of aliphatic imine (C=N–C) groups is 1. The van der Waals surface area contributed by atoms with Crippen molar-refractivity contribution < 1.29 is 9.53 Å². The van der Waals surface area contributed by atoms with E-state index in [1.54, 1.807) is 37.9 Å². The largest absolute Gasteiger partial charge is 0.497 e. The molecule has 1 unspecified atom stereocenters. The van der Waals surface area contributed by atoms with E-state index in [1.165, 1.54) is 24.8 Å². The lowest BCUT2D eigenvalue weighted by molar-refractivity contribution is -0.127. The van der Waals surface area contributed by atoms with Crippen molar-refractivity contribution in [3.05, 3.63) is 29.8 Å². The van der Waals surface area contributed by atoms with Gasteiger partial charge in [-0.25, -0.2) is 4.99 Å². The molecule has 1 aromatic carbocycles. The molecule has 2 rings (SSSR count). The number of thioether (sulfide) groups is 1. The van der Waals surface area contributed by atoms with Crippen LogP contribution in [0.2, 0.25) is 0 Å². The summed E-state index contributed by atoms with van der Waals surface area (Å²) in [5.41, 5.74) is 1.26. The van der Waals surface area contributed by atoms with Crippen molar-refractivity contribution in [2.24, 2.45) is 4.99 Å². The van der Waals surface area contributed by atoms with Gasteiger partial charge in [-0.2, -0.15) is 11.8 Å². The standard InChI is InChI=1S/C22H37N5O2S/c1-26(2)21(28)17-25-22(23-12-15-30-4)24-16-20(27-13-6-5-7-14-27)18-8-10-19(29-3)11-9-18/h8-11,20H,5-7,12-17H2,1-4H3,(H2,23,24,25). The van der Waals surface area contributed by atoms with Crippen molar-refractivity contribution in [3.8, 4) is 5.75 Å². The maximum Gasteiger partial charge on any atom is 0.243 e. The van der Waals surface area contributed by atoms with Gasteiger partial charge in [0.25, 0.3) is 0 Å². The molecule has 1 aliphatic heterocycles. The smallest absolute Gasteiger partial charge is 0.243 e. The van der Waals surface area contributed by atoms with Crippen molar-refractivity contribution in [2.45, 2.75) is 25.3 Å². The van der Waals surface area contributed by atoms with Gasteiger partial charge in [0.2, 0.25) is 5.91 Å². The van der Waals surface area contributed by atoms with Crippen LogP contribution < -0.4 is 15.4 Å². The number of guanidine groups is 1. The maximum absolute atomic E-state index is 12.0. The van der Waals surface area contributed by atoms with E-state index in [0.29, 0.717) is 5.96 Å². The lowest BCUT2D eigenvalue weighted by atomic mass is 10.0. The van der Waals surface area contributed by atoms with Gasteiger partial charge in [0.1, 0.15) is 12.3 Å². The summed E-state index contributed by atoms with van der Waals surface area (Å²) in [6.07, 6.45) is 5.85. The Morgan fingerprint density at radius 2 is 1.90 bits per heavy atom. The number of ether oxygens (including phenoxy) is 1. The van der Waals surface area contributed by atoms with Gasteiger partial charge in [0, 0.05) is 32.9 Å². The number of amides is 1. The molecule has 1 heterocycles. The summed E-state index contributed by atoms with van der Waals surface area (Å²) in [7, 11) is 5.20. The number of carbonyl (C=O) groups is 1. The molecule has 0 bridgehead atoms. The first-order valence-electron chi connectivity index (χ1n) is 10.6. The first-order chi connectivity index (χ1) is 14.5. The zero-order chi connectivity index (χ0) is 21.8.